The van der Waals surface area contributed by atoms with Crippen molar-refractivity contribution in [2.75, 3.05) is 31.5 Å². The summed E-state index contributed by atoms with van der Waals surface area (Å²) in [6.07, 6.45) is 1.39. The Morgan fingerprint density at radius 1 is 0.943 bits per heavy atom. The number of carbonyl (C=O) groups excluding carboxylic acids is 1. The van der Waals surface area contributed by atoms with Gasteiger partial charge in [0.1, 0.15) is 17.5 Å². The Labute approximate surface area is 203 Å². The summed E-state index contributed by atoms with van der Waals surface area (Å²) in [5.74, 6) is -0.00929. The number of aromatic nitrogens is 2. The van der Waals surface area contributed by atoms with Gasteiger partial charge < -0.3 is 14.3 Å². The number of rotatable bonds is 6. The molecule has 0 saturated carbocycles. The number of furan rings is 1. The van der Waals surface area contributed by atoms with Crippen LogP contribution in [0, 0.1) is 6.92 Å². The third kappa shape index (κ3) is 5.03. The van der Waals surface area contributed by atoms with Gasteiger partial charge in [0.2, 0.25) is 5.71 Å². The van der Waals surface area contributed by atoms with Crippen molar-refractivity contribution >= 4 is 22.7 Å². The van der Waals surface area contributed by atoms with E-state index >= 15 is 0 Å². The summed E-state index contributed by atoms with van der Waals surface area (Å²) < 4.78 is 6.88. The van der Waals surface area contributed by atoms with Crippen molar-refractivity contribution in [2.45, 2.75) is 20.0 Å². The van der Waals surface area contributed by atoms with E-state index in [1.807, 2.05) is 24.3 Å². The summed E-state index contributed by atoms with van der Waals surface area (Å²) >= 11 is 0. The van der Waals surface area contributed by atoms with Gasteiger partial charge in [-0.3, -0.25) is 19.4 Å². The lowest BCUT2D eigenvalue weighted by Gasteiger charge is -2.34. The number of hydrogen-bond donors (Lipinski definition) is 1. The Morgan fingerprint density at radius 3 is 2.17 bits per heavy atom. The first-order valence-electron chi connectivity index (χ1n) is 11.8. The van der Waals surface area contributed by atoms with E-state index < -0.39 is 0 Å². The Balaban J connectivity index is 1.18. The fraction of sp³-hybridized carbons (Fsp3) is 0.296. The molecule has 0 unspecified atom stereocenters. The SMILES string of the molecule is Cc1oc2ncn(C)c(=O)c2c1C(=O)Nc1ccc(CN2CCN(Cc3ccccc3)CC2)cc1. The van der Waals surface area contributed by atoms with Crippen LogP contribution >= 0.6 is 0 Å². The van der Waals surface area contributed by atoms with Crippen LogP contribution in [-0.4, -0.2) is 51.4 Å². The lowest BCUT2D eigenvalue weighted by molar-refractivity contribution is 0.102. The lowest BCUT2D eigenvalue weighted by atomic mass is 10.1. The fourth-order valence-electron chi connectivity index (χ4n) is 4.55. The molecule has 8 nitrogen and oxygen atoms in total. The zero-order chi connectivity index (χ0) is 24.4. The van der Waals surface area contributed by atoms with Crippen molar-refractivity contribution in [1.29, 1.82) is 0 Å². The highest BCUT2D eigenvalue weighted by atomic mass is 16.3. The highest BCUT2D eigenvalue weighted by molar-refractivity contribution is 6.12. The molecular weight excluding hydrogens is 442 g/mol. The third-order valence-corrected chi connectivity index (χ3v) is 6.51. The molecule has 1 aliphatic rings. The van der Waals surface area contributed by atoms with Crippen LogP contribution in [0.2, 0.25) is 0 Å². The Hall–Kier alpha value is -3.75. The first kappa shape index (κ1) is 23.0. The minimum atomic E-state index is -0.381. The van der Waals surface area contributed by atoms with Gasteiger partial charge in [-0.05, 0) is 30.2 Å². The molecule has 0 spiro atoms. The van der Waals surface area contributed by atoms with Gasteiger partial charge in [-0.25, -0.2) is 4.98 Å². The van der Waals surface area contributed by atoms with Crippen LogP contribution in [0.5, 0.6) is 0 Å². The average Bonchev–Trinajstić information content (AvgIpc) is 3.21. The van der Waals surface area contributed by atoms with Crippen molar-refractivity contribution in [3.8, 4) is 0 Å². The fourth-order valence-corrected chi connectivity index (χ4v) is 4.55. The molecule has 2 aromatic heterocycles. The monoisotopic (exact) mass is 471 g/mol. The summed E-state index contributed by atoms with van der Waals surface area (Å²) in [5.41, 5.74) is 3.31. The first-order chi connectivity index (χ1) is 17.0. The minimum absolute atomic E-state index is 0.176. The Morgan fingerprint density at radius 2 is 1.54 bits per heavy atom. The maximum atomic E-state index is 13.0. The van der Waals surface area contributed by atoms with Gasteiger partial charge in [-0.2, -0.15) is 0 Å². The molecule has 0 radical (unpaired) electrons. The lowest BCUT2D eigenvalue weighted by Crippen LogP contribution is -2.45. The molecule has 35 heavy (non-hydrogen) atoms. The summed E-state index contributed by atoms with van der Waals surface area (Å²) in [4.78, 5) is 34.6. The Kier molecular flexibility index (Phi) is 6.48. The average molecular weight is 472 g/mol. The van der Waals surface area contributed by atoms with E-state index in [0.29, 0.717) is 11.4 Å². The van der Waals surface area contributed by atoms with E-state index in [2.05, 4.69) is 50.4 Å². The van der Waals surface area contributed by atoms with E-state index in [0.717, 1.165) is 39.3 Å². The van der Waals surface area contributed by atoms with Crippen LogP contribution in [-0.2, 0) is 20.1 Å². The number of hydrogen-bond acceptors (Lipinski definition) is 6. The molecule has 2 aromatic carbocycles. The molecule has 0 atom stereocenters. The van der Waals surface area contributed by atoms with Gasteiger partial charge in [-0.1, -0.05) is 42.5 Å². The van der Waals surface area contributed by atoms with Crippen LogP contribution in [0.4, 0.5) is 5.69 Å². The Bertz CT molecular complexity index is 1380. The predicted molar refractivity (Wildman–Crippen MR) is 135 cm³/mol. The number of aryl methyl sites for hydroxylation is 2. The molecule has 8 heteroatoms. The maximum Gasteiger partial charge on any atom is 0.265 e. The predicted octanol–water partition coefficient (Wildman–Crippen LogP) is 3.41. The topological polar surface area (TPSA) is 83.6 Å². The minimum Gasteiger partial charge on any atom is -0.442 e. The van der Waals surface area contributed by atoms with Crippen LogP contribution in [0.1, 0.15) is 27.2 Å². The molecular formula is C27H29N5O3. The molecule has 0 aliphatic carbocycles. The van der Waals surface area contributed by atoms with E-state index in [9.17, 15) is 9.59 Å². The second-order valence-electron chi connectivity index (χ2n) is 9.06. The molecule has 1 N–H and O–H groups in total. The number of fused-ring (bicyclic) bond motifs is 1. The number of nitrogens with one attached hydrogen (secondary N) is 1. The number of carbonyl (C=O) groups is 1. The molecule has 1 fully saturated rings. The summed E-state index contributed by atoms with van der Waals surface area (Å²) in [6, 6.07) is 18.5. The van der Waals surface area contributed by atoms with Crippen LogP contribution in [0.25, 0.3) is 11.1 Å². The van der Waals surface area contributed by atoms with Crippen LogP contribution < -0.4 is 10.9 Å². The quantitative estimate of drug-likeness (QED) is 0.464. The number of amides is 1. The third-order valence-electron chi connectivity index (χ3n) is 6.51. The van der Waals surface area contributed by atoms with Gasteiger partial charge >= 0.3 is 0 Å². The number of piperazine rings is 1. The van der Waals surface area contributed by atoms with Gasteiger partial charge in [0, 0.05) is 52.0 Å². The summed E-state index contributed by atoms with van der Waals surface area (Å²) in [7, 11) is 1.60. The summed E-state index contributed by atoms with van der Waals surface area (Å²) in [5, 5.41) is 3.09. The van der Waals surface area contributed by atoms with Crippen molar-refractivity contribution in [3.05, 3.63) is 93.7 Å². The van der Waals surface area contributed by atoms with Gasteiger partial charge in [0.25, 0.3) is 11.5 Å². The second kappa shape index (κ2) is 9.85. The highest BCUT2D eigenvalue weighted by Gasteiger charge is 2.23. The zero-order valence-electron chi connectivity index (χ0n) is 20.0. The van der Waals surface area contributed by atoms with E-state index in [-0.39, 0.29) is 28.1 Å². The molecule has 1 amide bonds. The highest BCUT2D eigenvalue weighted by Crippen LogP contribution is 2.22. The van der Waals surface area contributed by atoms with E-state index in [1.54, 1.807) is 14.0 Å². The maximum absolute atomic E-state index is 13.0. The molecule has 1 saturated heterocycles. The normalized spacial score (nSPS) is 14.9. The molecule has 5 rings (SSSR count). The molecule has 3 heterocycles. The van der Waals surface area contributed by atoms with E-state index in [1.165, 1.54) is 22.0 Å². The van der Waals surface area contributed by atoms with Gasteiger partial charge in [0.15, 0.2) is 0 Å². The zero-order valence-corrected chi connectivity index (χ0v) is 20.0. The molecule has 1 aliphatic heterocycles. The van der Waals surface area contributed by atoms with Crippen LogP contribution in [0.3, 0.4) is 0 Å². The number of nitrogens with zero attached hydrogens (tertiary/aromatic N) is 4. The second-order valence-corrected chi connectivity index (χ2v) is 9.06. The van der Waals surface area contributed by atoms with Crippen LogP contribution in [0.15, 0.2) is 70.1 Å². The van der Waals surface area contributed by atoms with Gasteiger partial charge in [-0.15, -0.1) is 0 Å². The summed E-state index contributed by atoms with van der Waals surface area (Å²) in [6.45, 7) is 7.70. The number of benzene rings is 2. The van der Waals surface area contributed by atoms with Crippen molar-refractivity contribution in [2.24, 2.45) is 7.05 Å². The largest absolute Gasteiger partial charge is 0.442 e. The van der Waals surface area contributed by atoms with E-state index in [4.69, 9.17) is 4.42 Å². The van der Waals surface area contributed by atoms with Crippen molar-refractivity contribution < 1.29 is 9.21 Å². The molecule has 0 bridgehead atoms. The van der Waals surface area contributed by atoms with Crippen molar-refractivity contribution in [3.63, 3.8) is 0 Å². The molecule has 4 aromatic rings. The first-order valence-corrected chi connectivity index (χ1v) is 11.8. The molecule has 180 valence electrons. The number of anilines is 1. The van der Waals surface area contributed by atoms with Crippen molar-refractivity contribution in [1.82, 2.24) is 19.4 Å². The standard InChI is InChI=1S/C27H29N5O3/c1-19-23(24-26(35-19)28-18-30(2)27(24)34)25(33)29-22-10-8-21(9-11-22)17-32-14-12-31(13-15-32)16-20-6-4-3-5-7-20/h3-11,18H,12-17H2,1-2H3,(H,29,33). The smallest absolute Gasteiger partial charge is 0.265 e. The van der Waals surface area contributed by atoms with Gasteiger partial charge in [0.05, 0.1) is 5.56 Å².